The Morgan fingerprint density at radius 2 is 2.12 bits per heavy atom. The molecule has 3 aromatic rings. The quantitative estimate of drug-likeness (QED) is 0.691. The largest absolute Gasteiger partial charge is 0.478 e. The van der Waals surface area contributed by atoms with Crippen molar-refractivity contribution >= 4 is 40.5 Å². The molecule has 0 aliphatic heterocycles. The van der Waals surface area contributed by atoms with Gasteiger partial charge >= 0.3 is 5.97 Å². The third-order valence-electron chi connectivity index (χ3n) is 3.31. The van der Waals surface area contributed by atoms with Crippen molar-refractivity contribution < 1.29 is 14.7 Å². The maximum atomic E-state index is 12.1. The molecule has 0 unspecified atom stereocenters. The first-order valence-corrected chi connectivity index (χ1v) is 8.06. The van der Waals surface area contributed by atoms with Crippen LogP contribution in [0.15, 0.2) is 47.8 Å². The molecule has 122 valence electrons. The molecule has 24 heavy (non-hydrogen) atoms. The summed E-state index contributed by atoms with van der Waals surface area (Å²) < 4.78 is 1.83. The van der Waals surface area contributed by atoms with Gasteiger partial charge in [-0.25, -0.2) is 14.8 Å². The van der Waals surface area contributed by atoms with Gasteiger partial charge in [0.25, 0.3) is 0 Å². The third-order valence-corrected chi connectivity index (χ3v) is 4.34. The molecule has 0 aliphatic carbocycles. The highest BCUT2D eigenvalue weighted by atomic mass is 32.2. The summed E-state index contributed by atoms with van der Waals surface area (Å²) in [5.74, 6) is -1.11. The SMILES string of the molecule is Cn1c(SCC(=O)Nc2cccc(C(=O)O)c2)nc2cccnc21. The number of benzene rings is 1. The van der Waals surface area contributed by atoms with Crippen molar-refractivity contribution in [2.75, 3.05) is 11.1 Å². The number of hydrogen-bond donors (Lipinski definition) is 2. The van der Waals surface area contributed by atoms with E-state index < -0.39 is 5.97 Å². The molecule has 7 nitrogen and oxygen atoms in total. The van der Waals surface area contributed by atoms with E-state index in [1.165, 1.54) is 23.9 Å². The highest BCUT2D eigenvalue weighted by molar-refractivity contribution is 7.99. The number of anilines is 1. The van der Waals surface area contributed by atoms with Gasteiger partial charge in [-0.05, 0) is 30.3 Å². The van der Waals surface area contributed by atoms with Gasteiger partial charge in [-0.2, -0.15) is 0 Å². The third kappa shape index (κ3) is 3.38. The van der Waals surface area contributed by atoms with Crippen LogP contribution >= 0.6 is 11.8 Å². The number of imidazole rings is 1. The van der Waals surface area contributed by atoms with E-state index in [0.717, 1.165) is 11.2 Å². The molecule has 2 N–H and O–H groups in total. The van der Waals surface area contributed by atoms with Crippen LogP contribution in [0, 0.1) is 0 Å². The zero-order valence-corrected chi connectivity index (χ0v) is 13.6. The van der Waals surface area contributed by atoms with Crippen molar-refractivity contribution in [3.8, 4) is 0 Å². The Labute approximate surface area is 141 Å². The number of hydrogen-bond acceptors (Lipinski definition) is 5. The number of rotatable bonds is 5. The van der Waals surface area contributed by atoms with E-state index in [1.54, 1.807) is 18.3 Å². The molecule has 0 spiro atoms. The van der Waals surface area contributed by atoms with E-state index in [1.807, 2.05) is 23.7 Å². The van der Waals surface area contributed by atoms with Crippen LogP contribution in [0.4, 0.5) is 5.69 Å². The summed E-state index contributed by atoms with van der Waals surface area (Å²) in [4.78, 5) is 31.7. The minimum Gasteiger partial charge on any atom is -0.478 e. The minimum absolute atomic E-state index is 0.127. The van der Waals surface area contributed by atoms with Crippen LogP contribution in [-0.4, -0.2) is 37.3 Å². The smallest absolute Gasteiger partial charge is 0.335 e. The van der Waals surface area contributed by atoms with Crippen molar-refractivity contribution in [1.29, 1.82) is 0 Å². The number of fused-ring (bicyclic) bond motifs is 1. The molecule has 0 fully saturated rings. The molecule has 8 heteroatoms. The fourth-order valence-electron chi connectivity index (χ4n) is 2.19. The number of carbonyl (C=O) groups excluding carboxylic acids is 1. The summed E-state index contributed by atoms with van der Waals surface area (Å²) in [7, 11) is 1.85. The number of nitrogens with one attached hydrogen (secondary N) is 1. The Morgan fingerprint density at radius 3 is 2.88 bits per heavy atom. The van der Waals surface area contributed by atoms with E-state index in [0.29, 0.717) is 10.8 Å². The van der Waals surface area contributed by atoms with E-state index in [-0.39, 0.29) is 17.2 Å². The highest BCUT2D eigenvalue weighted by Gasteiger charge is 2.12. The molecule has 1 aromatic carbocycles. The number of aromatic nitrogens is 3. The van der Waals surface area contributed by atoms with Crippen LogP contribution in [0.3, 0.4) is 0 Å². The number of amides is 1. The second-order valence-corrected chi connectivity index (χ2v) is 5.96. The topological polar surface area (TPSA) is 97.1 Å². The number of aromatic carboxylic acids is 1. The molecular weight excluding hydrogens is 328 g/mol. The van der Waals surface area contributed by atoms with Crippen molar-refractivity contribution in [1.82, 2.24) is 14.5 Å². The summed E-state index contributed by atoms with van der Waals surface area (Å²) in [5, 5.41) is 12.3. The fraction of sp³-hybridized carbons (Fsp3) is 0.125. The number of pyridine rings is 1. The number of carboxylic acid groups (broad SMARTS) is 1. The zero-order chi connectivity index (χ0) is 17.1. The van der Waals surface area contributed by atoms with Gasteiger partial charge in [-0.1, -0.05) is 17.8 Å². The molecule has 1 amide bonds. The average Bonchev–Trinajstić information content (AvgIpc) is 2.90. The molecule has 2 heterocycles. The molecule has 3 rings (SSSR count). The van der Waals surface area contributed by atoms with E-state index in [4.69, 9.17) is 5.11 Å². The lowest BCUT2D eigenvalue weighted by Gasteiger charge is -2.06. The zero-order valence-electron chi connectivity index (χ0n) is 12.8. The van der Waals surface area contributed by atoms with Gasteiger partial charge < -0.3 is 15.0 Å². The lowest BCUT2D eigenvalue weighted by molar-refractivity contribution is -0.113. The van der Waals surface area contributed by atoms with Crippen molar-refractivity contribution in [2.45, 2.75) is 5.16 Å². The maximum absolute atomic E-state index is 12.1. The summed E-state index contributed by atoms with van der Waals surface area (Å²) in [6.07, 6.45) is 1.70. The van der Waals surface area contributed by atoms with Crippen molar-refractivity contribution in [3.05, 3.63) is 48.2 Å². The van der Waals surface area contributed by atoms with Crippen LogP contribution in [0.25, 0.3) is 11.2 Å². The second kappa shape index (κ2) is 6.71. The molecule has 0 radical (unpaired) electrons. The van der Waals surface area contributed by atoms with Gasteiger partial charge in [0.05, 0.1) is 11.3 Å². The van der Waals surface area contributed by atoms with Crippen LogP contribution in [0.1, 0.15) is 10.4 Å². The first-order valence-electron chi connectivity index (χ1n) is 7.08. The minimum atomic E-state index is -1.03. The molecule has 2 aromatic heterocycles. The average molecular weight is 342 g/mol. The number of nitrogens with zero attached hydrogens (tertiary/aromatic N) is 3. The van der Waals surface area contributed by atoms with Crippen LogP contribution in [0.2, 0.25) is 0 Å². The van der Waals surface area contributed by atoms with Gasteiger partial charge in [0.2, 0.25) is 5.91 Å². The molecule has 0 saturated heterocycles. The summed E-state index contributed by atoms with van der Waals surface area (Å²) in [5.41, 5.74) is 2.11. The first-order chi connectivity index (χ1) is 11.5. The molecule has 0 saturated carbocycles. The van der Waals surface area contributed by atoms with Gasteiger partial charge in [0.15, 0.2) is 10.8 Å². The Balaban J connectivity index is 1.66. The van der Waals surface area contributed by atoms with Gasteiger partial charge in [0.1, 0.15) is 5.52 Å². The number of thioether (sulfide) groups is 1. The lowest BCUT2D eigenvalue weighted by atomic mass is 10.2. The van der Waals surface area contributed by atoms with Crippen LogP contribution in [0.5, 0.6) is 0 Å². The van der Waals surface area contributed by atoms with Crippen molar-refractivity contribution in [2.24, 2.45) is 7.05 Å². The highest BCUT2D eigenvalue weighted by Crippen LogP contribution is 2.21. The van der Waals surface area contributed by atoms with Crippen molar-refractivity contribution in [3.63, 3.8) is 0 Å². The normalized spacial score (nSPS) is 10.7. The second-order valence-electron chi connectivity index (χ2n) is 5.02. The fourth-order valence-corrected chi connectivity index (χ4v) is 2.96. The predicted octanol–water partition coefficient (Wildman–Crippen LogP) is 2.40. The Bertz CT molecular complexity index is 923. The lowest BCUT2D eigenvalue weighted by Crippen LogP contribution is -2.14. The molecule has 0 atom stereocenters. The Kier molecular flexibility index (Phi) is 4.48. The van der Waals surface area contributed by atoms with E-state index in [9.17, 15) is 9.59 Å². The number of aryl methyl sites for hydroxylation is 1. The number of carboxylic acids is 1. The van der Waals surface area contributed by atoms with Gasteiger partial charge in [-0.15, -0.1) is 0 Å². The molecular formula is C16H14N4O3S. The summed E-state index contributed by atoms with van der Waals surface area (Å²) in [6.45, 7) is 0. The Morgan fingerprint density at radius 1 is 1.29 bits per heavy atom. The number of carbonyl (C=O) groups is 2. The predicted molar refractivity (Wildman–Crippen MR) is 91.3 cm³/mol. The summed E-state index contributed by atoms with van der Waals surface area (Å²) in [6, 6.07) is 9.80. The van der Waals surface area contributed by atoms with Gasteiger partial charge in [0, 0.05) is 18.9 Å². The standard InChI is InChI=1S/C16H14N4O3S/c1-20-14-12(6-3-7-17-14)19-16(20)24-9-13(21)18-11-5-2-4-10(8-11)15(22)23/h2-8H,9H2,1H3,(H,18,21)(H,22,23). The van der Waals surface area contributed by atoms with Gasteiger partial charge in [-0.3, -0.25) is 4.79 Å². The first kappa shape index (κ1) is 16.0. The van der Waals surface area contributed by atoms with Crippen LogP contribution in [-0.2, 0) is 11.8 Å². The van der Waals surface area contributed by atoms with E-state index >= 15 is 0 Å². The molecule has 0 aliphatic rings. The van der Waals surface area contributed by atoms with Crippen LogP contribution < -0.4 is 5.32 Å². The van der Waals surface area contributed by atoms with E-state index in [2.05, 4.69) is 15.3 Å². The monoisotopic (exact) mass is 342 g/mol. The maximum Gasteiger partial charge on any atom is 0.335 e. The molecule has 0 bridgehead atoms. The Hall–Kier alpha value is -2.87. The summed E-state index contributed by atoms with van der Waals surface area (Å²) >= 11 is 1.29.